The summed E-state index contributed by atoms with van der Waals surface area (Å²) in [4.78, 5) is 31.2. The van der Waals surface area contributed by atoms with E-state index in [1.807, 2.05) is 37.3 Å². The van der Waals surface area contributed by atoms with Crippen LogP contribution in [0.2, 0.25) is 0 Å². The third-order valence-electron chi connectivity index (χ3n) is 5.26. The number of benzene rings is 2. The molecule has 1 atom stereocenters. The molecule has 1 aliphatic heterocycles. The third-order valence-corrected chi connectivity index (χ3v) is 5.26. The van der Waals surface area contributed by atoms with Crippen molar-refractivity contribution in [3.8, 4) is 5.75 Å². The molecule has 4 N–H and O–H groups in total. The molecule has 8 nitrogen and oxygen atoms in total. The van der Waals surface area contributed by atoms with Gasteiger partial charge >= 0.3 is 6.03 Å². The highest BCUT2D eigenvalue weighted by Crippen LogP contribution is 2.29. The summed E-state index contributed by atoms with van der Waals surface area (Å²) in [6.45, 7) is 6.64. The maximum absolute atomic E-state index is 13.0. The molecule has 0 fully saturated rings. The van der Waals surface area contributed by atoms with Crippen LogP contribution in [-0.2, 0) is 17.9 Å². The fourth-order valence-corrected chi connectivity index (χ4v) is 3.92. The predicted octanol–water partition coefficient (Wildman–Crippen LogP) is 3.48. The molecule has 32 heavy (non-hydrogen) atoms. The number of guanidine groups is 1. The first-order chi connectivity index (χ1) is 15.2. The van der Waals surface area contributed by atoms with Gasteiger partial charge in [0.15, 0.2) is 5.96 Å². The van der Waals surface area contributed by atoms with Crippen LogP contribution in [0.3, 0.4) is 0 Å². The molecular weight excluding hydrogens is 406 g/mol. The summed E-state index contributed by atoms with van der Waals surface area (Å²) in [5, 5.41) is 5.62. The second kappa shape index (κ2) is 9.72. The van der Waals surface area contributed by atoms with E-state index in [1.165, 1.54) is 4.90 Å². The zero-order valence-electron chi connectivity index (χ0n) is 19.0. The molecule has 1 heterocycles. The van der Waals surface area contributed by atoms with Gasteiger partial charge < -0.3 is 21.1 Å². The van der Waals surface area contributed by atoms with E-state index in [1.54, 1.807) is 25.3 Å². The van der Waals surface area contributed by atoms with Crippen LogP contribution in [0.25, 0.3) is 0 Å². The number of hydrogen-bond donors (Lipinski definition) is 3. The highest BCUT2D eigenvalue weighted by Gasteiger charge is 2.43. The highest BCUT2D eigenvalue weighted by atomic mass is 16.5. The van der Waals surface area contributed by atoms with Crippen molar-refractivity contribution >= 4 is 23.6 Å². The Hall–Kier alpha value is -3.55. The van der Waals surface area contributed by atoms with Crippen LogP contribution in [0.4, 0.5) is 10.5 Å². The normalized spacial score (nSPS) is 18.0. The summed E-state index contributed by atoms with van der Waals surface area (Å²) in [5.74, 6) is 1.17. The quantitative estimate of drug-likeness (QED) is 0.587. The van der Waals surface area contributed by atoms with Crippen molar-refractivity contribution in [2.45, 2.75) is 45.8 Å². The van der Waals surface area contributed by atoms with E-state index in [4.69, 9.17) is 10.5 Å². The molecule has 0 spiro atoms. The number of carbonyl (C=O) groups is 2. The smallest absolute Gasteiger partial charge is 0.319 e. The van der Waals surface area contributed by atoms with Crippen molar-refractivity contribution in [2.75, 3.05) is 12.4 Å². The average molecular weight is 438 g/mol. The number of nitrogens with two attached hydrogens (primary N) is 1. The van der Waals surface area contributed by atoms with Gasteiger partial charge in [0.05, 0.1) is 13.7 Å². The standard InChI is InChI=1S/C24H31N5O3/c1-16(2)13-24(3)21(30)29(22(25)28-24)15-18-8-5-7-17(11-18)14-26-23(31)27-19-9-6-10-20(12-19)32-4/h5-12,16H,13-15H2,1-4H3,(H2,25,28)(H2,26,27,31). The lowest BCUT2D eigenvalue weighted by Crippen LogP contribution is -2.43. The molecule has 3 amide bonds. The summed E-state index contributed by atoms with van der Waals surface area (Å²) in [7, 11) is 1.58. The Morgan fingerprint density at radius 2 is 1.91 bits per heavy atom. The van der Waals surface area contributed by atoms with E-state index in [-0.39, 0.29) is 17.9 Å². The average Bonchev–Trinajstić information content (AvgIpc) is 2.95. The Morgan fingerprint density at radius 3 is 2.62 bits per heavy atom. The minimum Gasteiger partial charge on any atom is -0.497 e. The summed E-state index contributed by atoms with van der Waals surface area (Å²) < 4.78 is 5.16. The van der Waals surface area contributed by atoms with Gasteiger partial charge in [0.2, 0.25) is 0 Å². The van der Waals surface area contributed by atoms with E-state index in [2.05, 4.69) is 29.5 Å². The zero-order chi connectivity index (χ0) is 23.3. The Bertz CT molecular complexity index is 1020. The number of anilines is 1. The minimum atomic E-state index is -0.810. The monoisotopic (exact) mass is 437 g/mol. The number of ether oxygens (including phenoxy) is 1. The predicted molar refractivity (Wildman–Crippen MR) is 125 cm³/mol. The lowest BCUT2D eigenvalue weighted by molar-refractivity contribution is -0.131. The van der Waals surface area contributed by atoms with Crippen LogP contribution in [0.5, 0.6) is 5.75 Å². The summed E-state index contributed by atoms with van der Waals surface area (Å²) in [6.07, 6.45) is 0.648. The number of methoxy groups -OCH3 is 1. The number of rotatable bonds is 8. The first kappa shape index (κ1) is 23.1. The van der Waals surface area contributed by atoms with Crippen LogP contribution >= 0.6 is 0 Å². The molecule has 8 heteroatoms. The molecule has 0 saturated carbocycles. The van der Waals surface area contributed by atoms with Crippen LogP contribution in [0, 0.1) is 5.92 Å². The lowest BCUT2D eigenvalue weighted by Gasteiger charge is -2.23. The summed E-state index contributed by atoms with van der Waals surface area (Å²) in [6, 6.07) is 14.5. The number of carbonyl (C=O) groups excluding carboxylic acids is 2. The minimum absolute atomic E-state index is 0.0788. The zero-order valence-corrected chi connectivity index (χ0v) is 19.0. The van der Waals surface area contributed by atoms with Gasteiger partial charge in [-0.05, 0) is 42.5 Å². The molecule has 0 aliphatic carbocycles. The van der Waals surface area contributed by atoms with Gasteiger partial charge in [-0.25, -0.2) is 9.79 Å². The highest BCUT2D eigenvalue weighted by molar-refractivity contribution is 6.06. The second-order valence-electron chi connectivity index (χ2n) is 8.59. The Morgan fingerprint density at radius 1 is 1.19 bits per heavy atom. The topological polar surface area (TPSA) is 109 Å². The van der Waals surface area contributed by atoms with Crippen LogP contribution < -0.4 is 21.1 Å². The lowest BCUT2D eigenvalue weighted by atomic mass is 9.91. The van der Waals surface area contributed by atoms with Crippen molar-refractivity contribution in [2.24, 2.45) is 16.6 Å². The molecule has 1 unspecified atom stereocenters. The van der Waals surface area contributed by atoms with Gasteiger partial charge in [0, 0.05) is 18.3 Å². The molecule has 0 bridgehead atoms. The molecule has 170 valence electrons. The maximum atomic E-state index is 13.0. The van der Waals surface area contributed by atoms with Crippen molar-refractivity contribution in [3.63, 3.8) is 0 Å². The molecule has 1 aliphatic rings. The van der Waals surface area contributed by atoms with Gasteiger partial charge in [0.1, 0.15) is 11.3 Å². The fraction of sp³-hybridized carbons (Fsp3) is 0.375. The molecule has 0 aromatic heterocycles. The van der Waals surface area contributed by atoms with Gasteiger partial charge in [-0.1, -0.05) is 44.2 Å². The SMILES string of the molecule is COc1cccc(NC(=O)NCc2cccc(CN3C(=O)C(C)(CC(C)C)N=C3N)c2)c1. The van der Waals surface area contributed by atoms with Crippen molar-refractivity contribution in [1.29, 1.82) is 0 Å². The second-order valence-corrected chi connectivity index (χ2v) is 8.59. The van der Waals surface area contributed by atoms with Gasteiger partial charge in [-0.3, -0.25) is 9.69 Å². The van der Waals surface area contributed by atoms with Crippen molar-refractivity contribution < 1.29 is 14.3 Å². The maximum Gasteiger partial charge on any atom is 0.319 e. The number of urea groups is 1. The number of nitrogens with zero attached hydrogens (tertiary/aromatic N) is 2. The van der Waals surface area contributed by atoms with E-state index in [0.29, 0.717) is 36.9 Å². The Labute approximate surface area is 188 Å². The summed E-state index contributed by atoms with van der Waals surface area (Å²) >= 11 is 0. The van der Waals surface area contributed by atoms with Crippen LogP contribution in [0.1, 0.15) is 38.3 Å². The fourth-order valence-electron chi connectivity index (χ4n) is 3.92. The molecule has 0 saturated heterocycles. The van der Waals surface area contributed by atoms with E-state index in [9.17, 15) is 9.59 Å². The first-order valence-electron chi connectivity index (χ1n) is 10.6. The van der Waals surface area contributed by atoms with E-state index >= 15 is 0 Å². The van der Waals surface area contributed by atoms with Gasteiger partial charge in [-0.15, -0.1) is 0 Å². The first-order valence-corrected chi connectivity index (χ1v) is 10.6. The molecule has 3 rings (SSSR count). The van der Waals surface area contributed by atoms with Crippen molar-refractivity contribution in [1.82, 2.24) is 10.2 Å². The van der Waals surface area contributed by atoms with Gasteiger partial charge in [0.25, 0.3) is 5.91 Å². The largest absolute Gasteiger partial charge is 0.497 e. The number of hydrogen-bond acceptors (Lipinski definition) is 5. The molecular formula is C24H31N5O3. The van der Waals surface area contributed by atoms with Crippen LogP contribution in [0.15, 0.2) is 53.5 Å². The molecule has 2 aromatic rings. The molecule has 2 aromatic carbocycles. The number of nitrogens with one attached hydrogen (secondary N) is 2. The molecule has 0 radical (unpaired) electrons. The third kappa shape index (κ3) is 5.57. The van der Waals surface area contributed by atoms with Crippen LogP contribution in [-0.4, -0.2) is 35.4 Å². The van der Waals surface area contributed by atoms with E-state index in [0.717, 1.165) is 11.1 Å². The van der Waals surface area contributed by atoms with E-state index < -0.39 is 5.54 Å². The summed E-state index contributed by atoms with van der Waals surface area (Å²) in [5.41, 5.74) is 7.74. The Balaban J connectivity index is 1.59. The Kier molecular flexibility index (Phi) is 7.02. The van der Waals surface area contributed by atoms with Crippen molar-refractivity contribution in [3.05, 3.63) is 59.7 Å². The number of amides is 3. The van der Waals surface area contributed by atoms with Gasteiger partial charge in [-0.2, -0.15) is 0 Å². The number of aliphatic imine (C=N–C) groups is 1.